The summed E-state index contributed by atoms with van der Waals surface area (Å²) in [5.74, 6) is 0. The molecule has 0 aromatic heterocycles. The van der Waals surface area contributed by atoms with Gasteiger partial charge in [-0.05, 0) is 0 Å². The van der Waals surface area contributed by atoms with Crippen molar-refractivity contribution < 1.29 is 19.2 Å². The van der Waals surface area contributed by atoms with E-state index in [1.807, 2.05) is 13.1 Å². The first-order chi connectivity index (χ1) is 7.17. The third-order valence-corrected chi connectivity index (χ3v) is 4.45. The normalized spacial score (nSPS) is 11.4. The second-order valence-corrected chi connectivity index (χ2v) is 7.49. The molecule has 0 unspecified atom stereocenters. The van der Waals surface area contributed by atoms with E-state index in [1.54, 1.807) is 43.1 Å². The first-order valence-electron chi connectivity index (χ1n) is 4.32. The fraction of sp³-hybridized carbons (Fsp3) is 0.300. The monoisotopic (exact) mass is 448 g/mol. The van der Waals surface area contributed by atoms with E-state index in [0.29, 0.717) is 14.3 Å². The third kappa shape index (κ3) is 5.06. The van der Waals surface area contributed by atoms with Gasteiger partial charge >= 0.3 is 110 Å². The number of hydrogen-bond acceptors (Lipinski definition) is 3. The van der Waals surface area contributed by atoms with Crippen molar-refractivity contribution in [3.63, 3.8) is 0 Å². The van der Waals surface area contributed by atoms with Crippen LogP contribution in [0, 0.1) is 11.3 Å². The number of thioether (sulfide) groups is 1. The molecular formula is C10H11Cl2N2ReS. The number of nitrogens with zero attached hydrogens (tertiary/aromatic N) is 1. The summed E-state index contributed by atoms with van der Waals surface area (Å²) in [6.07, 6.45) is 0. The fourth-order valence-electron chi connectivity index (χ4n) is 1.03. The van der Waals surface area contributed by atoms with E-state index in [-0.39, 0.29) is 12.4 Å². The summed E-state index contributed by atoms with van der Waals surface area (Å²) < 4.78 is 0.473. The second kappa shape index (κ2) is 8.37. The van der Waals surface area contributed by atoms with Crippen LogP contribution in [-0.2, 0) is 19.2 Å². The average molecular weight is 448 g/mol. The quantitative estimate of drug-likeness (QED) is 0.720. The Morgan fingerprint density at radius 1 is 1.62 bits per heavy atom. The summed E-state index contributed by atoms with van der Waals surface area (Å²) in [5.41, 5.74) is 0.696. The van der Waals surface area contributed by atoms with Crippen molar-refractivity contribution in [2.45, 2.75) is 8.62 Å². The van der Waals surface area contributed by atoms with Crippen molar-refractivity contribution in [1.82, 2.24) is 5.32 Å². The number of rotatable bonds is 4. The van der Waals surface area contributed by atoms with Gasteiger partial charge in [0, 0.05) is 0 Å². The number of nitriles is 1. The van der Waals surface area contributed by atoms with E-state index in [4.69, 9.17) is 16.9 Å². The Kier molecular flexibility index (Phi) is 8.50. The van der Waals surface area contributed by atoms with E-state index >= 15 is 0 Å². The molecule has 1 rings (SSSR count). The molecule has 0 saturated heterocycles. The van der Waals surface area contributed by atoms with E-state index in [9.17, 15) is 0 Å². The molecule has 0 aliphatic carbocycles. The van der Waals surface area contributed by atoms with Gasteiger partial charge < -0.3 is 0 Å². The first kappa shape index (κ1) is 16.3. The van der Waals surface area contributed by atoms with Crippen LogP contribution in [0.25, 0.3) is 0 Å². The van der Waals surface area contributed by atoms with Gasteiger partial charge in [-0.1, -0.05) is 0 Å². The fourth-order valence-corrected chi connectivity index (χ4v) is 3.81. The van der Waals surface area contributed by atoms with Crippen LogP contribution in [0.15, 0.2) is 23.1 Å². The second-order valence-electron chi connectivity index (χ2n) is 2.84. The van der Waals surface area contributed by atoms with Gasteiger partial charge in [-0.2, -0.15) is 0 Å². The van der Waals surface area contributed by atoms with E-state index in [2.05, 4.69) is 11.4 Å². The molecule has 16 heavy (non-hydrogen) atoms. The maximum absolute atomic E-state index is 8.93. The maximum Gasteiger partial charge on any atom is -0.147 e. The SMILES string of the molecule is CNC[C@H]([Re])Sc1cc(Cl)ccc1C#N.Cl. The van der Waals surface area contributed by atoms with Gasteiger partial charge in [-0.15, -0.1) is 12.4 Å². The topological polar surface area (TPSA) is 35.8 Å². The smallest absolute Gasteiger partial charge is 0.147 e. The van der Waals surface area contributed by atoms with Crippen LogP contribution >= 0.6 is 35.8 Å². The predicted molar refractivity (Wildman–Crippen MR) is 67.0 cm³/mol. The summed E-state index contributed by atoms with van der Waals surface area (Å²) in [5, 5.41) is 12.7. The first-order valence-corrected chi connectivity index (χ1v) is 7.15. The minimum absolute atomic E-state index is 0. The van der Waals surface area contributed by atoms with Crippen LogP contribution in [0.5, 0.6) is 0 Å². The van der Waals surface area contributed by atoms with Crippen LogP contribution in [0.1, 0.15) is 5.56 Å². The van der Waals surface area contributed by atoms with Crippen molar-refractivity contribution in [3.05, 3.63) is 28.8 Å². The summed E-state index contributed by atoms with van der Waals surface area (Å²) in [6.45, 7) is 0.930. The average Bonchev–Trinajstić information content (AvgIpc) is 2.18. The standard InChI is InChI=1S/C10H10ClN2S.ClH.Re/c1-13-4-5-14-10-6-9(11)3-2-8(10)7-12;;/h2-3,5-6,13H,4H2,1H3;1H;. The molecule has 0 fully saturated rings. The number of nitrogens with one attached hydrogen (secondary N) is 1. The molecular weight excluding hydrogens is 437 g/mol. The molecule has 1 aromatic carbocycles. The number of benzene rings is 1. The van der Waals surface area contributed by atoms with Crippen LogP contribution in [-0.4, -0.2) is 17.3 Å². The molecule has 1 N–H and O–H groups in total. The third-order valence-electron chi connectivity index (χ3n) is 1.68. The zero-order chi connectivity index (χ0) is 11.3. The number of hydrogen-bond donors (Lipinski definition) is 1. The molecule has 1 aromatic rings. The van der Waals surface area contributed by atoms with Crippen molar-refractivity contribution in [2.75, 3.05) is 13.6 Å². The van der Waals surface area contributed by atoms with E-state index in [1.165, 1.54) is 0 Å². The molecule has 0 spiro atoms. The summed E-state index contributed by atoms with van der Waals surface area (Å²) >= 11 is 9.29. The van der Waals surface area contributed by atoms with Crippen LogP contribution in [0.2, 0.25) is 5.02 Å². The molecule has 0 radical (unpaired) electrons. The maximum atomic E-state index is 8.93. The minimum Gasteiger partial charge on any atom is -0.147 e. The van der Waals surface area contributed by atoms with E-state index < -0.39 is 0 Å². The van der Waals surface area contributed by atoms with Crippen LogP contribution < -0.4 is 5.32 Å². The Hall–Kier alpha value is 0.262. The van der Waals surface area contributed by atoms with Gasteiger partial charge in [0.25, 0.3) is 0 Å². The molecule has 0 amide bonds. The van der Waals surface area contributed by atoms with Crippen molar-refractivity contribution in [2.24, 2.45) is 0 Å². The van der Waals surface area contributed by atoms with E-state index in [0.717, 1.165) is 11.4 Å². The molecule has 88 valence electrons. The molecule has 0 aliphatic heterocycles. The molecule has 0 aliphatic rings. The summed E-state index contributed by atoms with van der Waals surface area (Å²) in [6, 6.07) is 7.54. The molecule has 0 heterocycles. The van der Waals surface area contributed by atoms with Gasteiger partial charge in [-0.3, -0.25) is 0 Å². The summed E-state index contributed by atoms with van der Waals surface area (Å²) in [4.78, 5) is 0.966. The molecule has 2 nitrogen and oxygen atoms in total. The largest absolute Gasteiger partial charge is 0.147 e. The van der Waals surface area contributed by atoms with Gasteiger partial charge in [-0.25, -0.2) is 0 Å². The Morgan fingerprint density at radius 2 is 2.31 bits per heavy atom. The van der Waals surface area contributed by atoms with Crippen LogP contribution in [0.3, 0.4) is 0 Å². The summed E-state index contributed by atoms with van der Waals surface area (Å²) in [7, 11) is 1.93. The Labute approximate surface area is 122 Å². The molecule has 6 heteroatoms. The zero-order valence-electron chi connectivity index (χ0n) is 8.54. The van der Waals surface area contributed by atoms with Crippen molar-refractivity contribution in [1.29, 1.82) is 5.26 Å². The predicted octanol–water partition coefficient (Wildman–Crippen LogP) is 2.82. The molecule has 0 bridgehead atoms. The van der Waals surface area contributed by atoms with Crippen LogP contribution in [0.4, 0.5) is 0 Å². The molecule has 1 atom stereocenters. The van der Waals surface area contributed by atoms with Gasteiger partial charge in [0.05, 0.1) is 0 Å². The Morgan fingerprint density at radius 3 is 2.88 bits per heavy atom. The number of halogens is 2. The van der Waals surface area contributed by atoms with Gasteiger partial charge in [0.1, 0.15) is 0 Å². The Bertz CT molecular complexity index is 382. The molecule has 0 saturated carbocycles. The van der Waals surface area contributed by atoms with Gasteiger partial charge in [0.2, 0.25) is 0 Å². The van der Waals surface area contributed by atoms with Gasteiger partial charge in [0.15, 0.2) is 0 Å². The Balaban J connectivity index is 0.00000225. The van der Waals surface area contributed by atoms with Crippen molar-refractivity contribution in [3.8, 4) is 6.07 Å². The minimum atomic E-state index is 0. The van der Waals surface area contributed by atoms with Crippen molar-refractivity contribution >= 4 is 35.8 Å². The zero-order valence-corrected chi connectivity index (χ0v) is 13.6.